The largest absolute Gasteiger partial charge is 0.308 e. The van der Waals surface area contributed by atoms with Crippen molar-refractivity contribution in [3.63, 3.8) is 0 Å². The molecular formula is C13H15N5. The Hall–Kier alpha value is -2.14. The van der Waals surface area contributed by atoms with E-state index in [4.69, 9.17) is 0 Å². The van der Waals surface area contributed by atoms with Gasteiger partial charge in [-0.2, -0.15) is 0 Å². The van der Waals surface area contributed by atoms with Crippen LogP contribution in [0.25, 0.3) is 18.8 Å². The molecule has 1 aromatic heterocycles. The van der Waals surface area contributed by atoms with E-state index in [2.05, 4.69) is 45.9 Å². The molecule has 0 saturated carbocycles. The molecule has 1 aliphatic rings. The van der Waals surface area contributed by atoms with Gasteiger partial charge in [-0.1, -0.05) is 13.2 Å². The first-order valence-corrected chi connectivity index (χ1v) is 5.96. The van der Waals surface area contributed by atoms with Gasteiger partial charge in [-0.15, -0.1) is 10.2 Å². The average Bonchev–Trinajstić information content (AvgIpc) is 3.01. The molecule has 3 rings (SSSR count). The molecule has 2 aromatic rings. The van der Waals surface area contributed by atoms with E-state index in [0.717, 1.165) is 18.8 Å². The van der Waals surface area contributed by atoms with Gasteiger partial charge in [0.25, 0.3) is 0 Å². The van der Waals surface area contributed by atoms with Crippen LogP contribution in [0.3, 0.4) is 0 Å². The summed E-state index contributed by atoms with van der Waals surface area (Å²) in [6, 6.07) is 8.21. The molecule has 1 aliphatic heterocycles. The maximum atomic E-state index is 3.91. The molecular weight excluding hydrogens is 226 g/mol. The maximum absolute atomic E-state index is 3.91. The fourth-order valence-electron chi connectivity index (χ4n) is 2.18. The molecule has 1 fully saturated rings. The SMILES string of the molecule is C=c1nnc(=C)n1-c1ccc(N2CCCN2)cc1. The zero-order chi connectivity index (χ0) is 12.5. The molecule has 0 aliphatic carbocycles. The second-order valence-electron chi connectivity index (χ2n) is 4.30. The van der Waals surface area contributed by atoms with Crippen LogP contribution in [-0.2, 0) is 0 Å². The van der Waals surface area contributed by atoms with E-state index in [0.29, 0.717) is 11.0 Å². The van der Waals surface area contributed by atoms with Gasteiger partial charge in [-0.25, -0.2) is 5.43 Å². The lowest BCUT2D eigenvalue weighted by atomic mass is 10.2. The van der Waals surface area contributed by atoms with Crippen LogP contribution in [0.5, 0.6) is 0 Å². The van der Waals surface area contributed by atoms with Crippen molar-refractivity contribution in [2.45, 2.75) is 6.42 Å². The third kappa shape index (κ3) is 1.78. The Balaban J connectivity index is 1.96. The van der Waals surface area contributed by atoms with Gasteiger partial charge in [0.15, 0.2) is 11.0 Å². The lowest BCUT2D eigenvalue weighted by molar-refractivity contribution is 0.787. The highest BCUT2D eigenvalue weighted by Crippen LogP contribution is 2.16. The van der Waals surface area contributed by atoms with Crippen LogP contribution >= 0.6 is 0 Å². The zero-order valence-corrected chi connectivity index (χ0v) is 10.1. The Morgan fingerprint density at radius 2 is 1.61 bits per heavy atom. The van der Waals surface area contributed by atoms with Crippen LogP contribution < -0.4 is 21.4 Å². The summed E-state index contributed by atoms with van der Waals surface area (Å²) in [6.45, 7) is 9.78. The molecule has 0 amide bonds. The quantitative estimate of drug-likeness (QED) is 0.791. The molecule has 0 atom stereocenters. The molecule has 18 heavy (non-hydrogen) atoms. The van der Waals surface area contributed by atoms with E-state index < -0.39 is 0 Å². The van der Waals surface area contributed by atoms with Crippen molar-refractivity contribution < 1.29 is 0 Å². The van der Waals surface area contributed by atoms with Crippen LogP contribution in [0.1, 0.15) is 6.42 Å². The van der Waals surface area contributed by atoms with Crippen molar-refractivity contribution in [2.24, 2.45) is 0 Å². The molecule has 0 spiro atoms. The Bertz CT molecular complexity index is 610. The highest BCUT2D eigenvalue weighted by Gasteiger charge is 2.11. The van der Waals surface area contributed by atoms with Crippen LogP contribution in [-0.4, -0.2) is 27.9 Å². The zero-order valence-electron chi connectivity index (χ0n) is 10.1. The Morgan fingerprint density at radius 1 is 1.00 bits per heavy atom. The van der Waals surface area contributed by atoms with Gasteiger partial charge in [0.1, 0.15) is 0 Å². The number of hydrogen-bond acceptors (Lipinski definition) is 4. The van der Waals surface area contributed by atoms with Crippen molar-refractivity contribution in [1.29, 1.82) is 0 Å². The molecule has 0 bridgehead atoms. The van der Waals surface area contributed by atoms with E-state index in [-0.39, 0.29) is 0 Å². The highest BCUT2D eigenvalue weighted by atomic mass is 15.5. The van der Waals surface area contributed by atoms with Gasteiger partial charge >= 0.3 is 0 Å². The van der Waals surface area contributed by atoms with Gasteiger partial charge in [0, 0.05) is 18.8 Å². The van der Waals surface area contributed by atoms with Crippen molar-refractivity contribution in [3.8, 4) is 5.69 Å². The van der Waals surface area contributed by atoms with Crippen LogP contribution in [0.15, 0.2) is 24.3 Å². The van der Waals surface area contributed by atoms with Crippen molar-refractivity contribution >= 4 is 18.8 Å². The highest BCUT2D eigenvalue weighted by molar-refractivity contribution is 5.50. The predicted molar refractivity (Wildman–Crippen MR) is 71.6 cm³/mol. The molecule has 5 heteroatoms. The van der Waals surface area contributed by atoms with Gasteiger partial charge in [0.05, 0.1) is 5.69 Å². The molecule has 0 radical (unpaired) electrons. The summed E-state index contributed by atoms with van der Waals surface area (Å²) in [5.74, 6) is 0. The standard InChI is InChI=1S/C13H15N5/c1-10-15-16-11(2)18(10)13-6-4-12(5-7-13)17-9-3-8-14-17/h4-7,14H,1-3,8-9H2. The van der Waals surface area contributed by atoms with E-state index in [1.807, 2.05) is 16.7 Å². The maximum Gasteiger partial charge on any atom is 0.154 e. The number of nitrogens with one attached hydrogen (secondary N) is 1. The summed E-state index contributed by atoms with van der Waals surface area (Å²) >= 11 is 0. The second kappa shape index (κ2) is 4.27. The fraction of sp³-hybridized carbons (Fsp3) is 0.231. The van der Waals surface area contributed by atoms with E-state index >= 15 is 0 Å². The second-order valence-corrected chi connectivity index (χ2v) is 4.30. The minimum Gasteiger partial charge on any atom is -0.308 e. The molecule has 5 nitrogen and oxygen atoms in total. The first-order chi connectivity index (χ1) is 8.75. The number of benzene rings is 1. The number of aromatic nitrogens is 3. The first kappa shape index (κ1) is 11.0. The molecule has 92 valence electrons. The smallest absolute Gasteiger partial charge is 0.154 e. The molecule has 1 saturated heterocycles. The molecule has 1 N–H and O–H groups in total. The van der Waals surface area contributed by atoms with Crippen LogP contribution in [0, 0.1) is 0 Å². The van der Waals surface area contributed by atoms with Crippen LogP contribution in [0.2, 0.25) is 0 Å². The van der Waals surface area contributed by atoms with Gasteiger partial charge in [0.2, 0.25) is 0 Å². The average molecular weight is 241 g/mol. The van der Waals surface area contributed by atoms with E-state index in [9.17, 15) is 0 Å². The Morgan fingerprint density at radius 3 is 2.17 bits per heavy atom. The number of rotatable bonds is 2. The topological polar surface area (TPSA) is 46.0 Å². The summed E-state index contributed by atoms with van der Waals surface area (Å²) in [7, 11) is 0. The summed E-state index contributed by atoms with van der Waals surface area (Å²) in [4.78, 5) is 0. The summed E-state index contributed by atoms with van der Waals surface area (Å²) in [5, 5.41) is 9.98. The predicted octanol–water partition coefficient (Wildman–Crippen LogP) is -0.197. The summed E-state index contributed by atoms with van der Waals surface area (Å²) in [6.07, 6.45) is 1.18. The summed E-state index contributed by atoms with van der Waals surface area (Å²) < 4.78 is 1.83. The van der Waals surface area contributed by atoms with Crippen molar-refractivity contribution in [2.75, 3.05) is 18.1 Å². The lowest BCUT2D eigenvalue weighted by Gasteiger charge is -2.18. The van der Waals surface area contributed by atoms with Gasteiger partial charge in [-0.05, 0) is 30.7 Å². The number of nitrogens with zero attached hydrogens (tertiary/aromatic N) is 4. The first-order valence-electron chi connectivity index (χ1n) is 5.96. The van der Waals surface area contributed by atoms with Gasteiger partial charge < -0.3 is 5.01 Å². The monoisotopic (exact) mass is 241 g/mol. The van der Waals surface area contributed by atoms with Crippen molar-refractivity contribution in [1.82, 2.24) is 20.2 Å². The minimum absolute atomic E-state index is 0.604. The molecule has 0 unspecified atom stereocenters. The number of anilines is 1. The van der Waals surface area contributed by atoms with Gasteiger partial charge in [-0.3, -0.25) is 4.57 Å². The molecule has 1 aromatic carbocycles. The lowest BCUT2D eigenvalue weighted by Crippen LogP contribution is -2.30. The number of hydrogen-bond donors (Lipinski definition) is 1. The van der Waals surface area contributed by atoms with Crippen LogP contribution in [0.4, 0.5) is 5.69 Å². The fourth-order valence-corrected chi connectivity index (χ4v) is 2.18. The Labute approximate surface area is 105 Å². The normalized spacial score (nSPS) is 15.2. The Kier molecular flexibility index (Phi) is 2.60. The van der Waals surface area contributed by atoms with E-state index in [1.54, 1.807) is 0 Å². The number of hydrazine groups is 1. The molecule has 2 heterocycles. The third-order valence-electron chi connectivity index (χ3n) is 3.08. The van der Waals surface area contributed by atoms with E-state index in [1.165, 1.54) is 12.1 Å². The third-order valence-corrected chi connectivity index (χ3v) is 3.08. The summed E-state index contributed by atoms with van der Waals surface area (Å²) in [5.41, 5.74) is 6.69. The van der Waals surface area contributed by atoms with Crippen molar-refractivity contribution in [3.05, 3.63) is 35.2 Å². The minimum atomic E-state index is 0.604.